The van der Waals surface area contributed by atoms with Crippen LogP contribution in [0.3, 0.4) is 0 Å². The molecule has 0 aliphatic heterocycles. The van der Waals surface area contributed by atoms with Crippen molar-refractivity contribution >= 4 is 5.69 Å². The summed E-state index contributed by atoms with van der Waals surface area (Å²) in [6.07, 6.45) is 3.65. The number of imidazole rings is 1. The lowest BCUT2D eigenvalue weighted by molar-refractivity contribution is 0.618. The number of rotatable bonds is 3. The van der Waals surface area contributed by atoms with Gasteiger partial charge in [0.25, 0.3) is 0 Å². The average Bonchev–Trinajstić information content (AvgIpc) is 2.71. The fourth-order valence-corrected chi connectivity index (χ4v) is 1.86. The summed E-state index contributed by atoms with van der Waals surface area (Å²) in [7, 11) is 1.94. The number of benzene rings is 1. The van der Waals surface area contributed by atoms with Crippen molar-refractivity contribution in [3.8, 4) is 0 Å². The second-order valence-electron chi connectivity index (χ2n) is 4.17. The minimum Gasteiger partial charge on any atom is -0.375 e. The van der Waals surface area contributed by atoms with Gasteiger partial charge in [-0.1, -0.05) is 6.07 Å². The number of hydrogen-bond acceptors (Lipinski definition) is 2. The van der Waals surface area contributed by atoms with Crippen LogP contribution in [0.15, 0.2) is 30.6 Å². The molecule has 0 amide bonds. The Labute approximate surface area is 100 Å². The van der Waals surface area contributed by atoms with Crippen molar-refractivity contribution in [2.45, 2.75) is 19.9 Å². The minimum atomic E-state index is -0.193. The SMILES string of the molecule is Cc1c(F)cccc1NC(C)c1nccn1C. The van der Waals surface area contributed by atoms with Gasteiger partial charge in [-0.25, -0.2) is 9.37 Å². The minimum absolute atomic E-state index is 0.0375. The van der Waals surface area contributed by atoms with Gasteiger partial charge in [0.1, 0.15) is 11.6 Å². The maximum Gasteiger partial charge on any atom is 0.130 e. The third-order valence-corrected chi connectivity index (χ3v) is 2.89. The molecule has 0 spiro atoms. The van der Waals surface area contributed by atoms with Crippen molar-refractivity contribution in [3.63, 3.8) is 0 Å². The van der Waals surface area contributed by atoms with Crippen molar-refractivity contribution < 1.29 is 4.39 Å². The third-order valence-electron chi connectivity index (χ3n) is 2.89. The zero-order valence-electron chi connectivity index (χ0n) is 10.2. The van der Waals surface area contributed by atoms with Gasteiger partial charge in [-0.05, 0) is 26.0 Å². The second-order valence-corrected chi connectivity index (χ2v) is 4.17. The van der Waals surface area contributed by atoms with E-state index in [2.05, 4.69) is 10.3 Å². The van der Waals surface area contributed by atoms with E-state index in [9.17, 15) is 4.39 Å². The van der Waals surface area contributed by atoms with Gasteiger partial charge >= 0.3 is 0 Å². The second kappa shape index (κ2) is 4.57. The molecule has 0 radical (unpaired) electrons. The van der Waals surface area contributed by atoms with E-state index >= 15 is 0 Å². The van der Waals surface area contributed by atoms with Crippen LogP contribution in [-0.4, -0.2) is 9.55 Å². The molecule has 1 heterocycles. The number of halogens is 1. The number of nitrogens with one attached hydrogen (secondary N) is 1. The van der Waals surface area contributed by atoms with Gasteiger partial charge in [0.15, 0.2) is 0 Å². The normalized spacial score (nSPS) is 12.5. The fourth-order valence-electron chi connectivity index (χ4n) is 1.86. The summed E-state index contributed by atoms with van der Waals surface area (Å²) >= 11 is 0. The van der Waals surface area contributed by atoms with Gasteiger partial charge in [-0.3, -0.25) is 0 Å². The quantitative estimate of drug-likeness (QED) is 0.883. The lowest BCUT2D eigenvalue weighted by Gasteiger charge is -2.17. The van der Waals surface area contributed by atoms with Crippen LogP contribution in [0.25, 0.3) is 0 Å². The van der Waals surface area contributed by atoms with Gasteiger partial charge in [0.05, 0.1) is 6.04 Å². The molecule has 2 rings (SSSR count). The molecule has 2 aromatic rings. The van der Waals surface area contributed by atoms with Crippen molar-refractivity contribution in [2.24, 2.45) is 7.05 Å². The van der Waals surface area contributed by atoms with Crippen LogP contribution in [0.2, 0.25) is 0 Å². The van der Waals surface area contributed by atoms with E-state index in [0.717, 1.165) is 11.5 Å². The van der Waals surface area contributed by atoms with Crippen molar-refractivity contribution in [1.82, 2.24) is 9.55 Å². The highest BCUT2D eigenvalue weighted by Crippen LogP contribution is 2.22. The summed E-state index contributed by atoms with van der Waals surface area (Å²) in [6.45, 7) is 3.77. The van der Waals surface area contributed by atoms with Gasteiger partial charge in [-0.2, -0.15) is 0 Å². The maximum absolute atomic E-state index is 13.4. The van der Waals surface area contributed by atoms with Crippen LogP contribution >= 0.6 is 0 Å². The highest BCUT2D eigenvalue weighted by atomic mass is 19.1. The Morgan fingerprint density at radius 2 is 2.18 bits per heavy atom. The molecule has 1 N–H and O–H groups in total. The maximum atomic E-state index is 13.4. The summed E-state index contributed by atoms with van der Waals surface area (Å²) in [4.78, 5) is 4.27. The first-order chi connectivity index (χ1) is 8.09. The first-order valence-corrected chi connectivity index (χ1v) is 5.58. The van der Waals surface area contributed by atoms with Gasteiger partial charge in [0, 0.05) is 30.7 Å². The molecule has 1 unspecified atom stereocenters. The summed E-state index contributed by atoms with van der Waals surface area (Å²) in [5, 5.41) is 3.27. The number of aromatic nitrogens is 2. The third kappa shape index (κ3) is 2.30. The summed E-state index contributed by atoms with van der Waals surface area (Å²) in [5.41, 5.74) is 1.44. The Morgan fingerprint density at radius 3 is 2.82 bits per heavy atom. The van der Waals surface area contributed by atoms with Crippen molar-refractivity contribution in [2.75, 3.05) is 5.32 Å². The lowest BCUT2D eigenvalue weighted by Crippen LogP contribution is -2.12. The molecule has 0 saturated carbocycles. The number of aryl methyl sites for hydroxylation is 1. The molecule has 90 valence electrons. The van der Waals surface area contributed by atoms with Crippen LogP contribution in [0.5, 0.6) is 0 Å². The highest BCUT2D eigenvalue weighted by Gasteiger charge is 2.12. The van der Waals surface area contributed by atoms with E-state index in [1.807, 2.05) is 30.8 Å². The van der Waals surface area contributed by atoms with E-state index in [1.165, 1.54) is 6.07 Å². The summed E-state index contributed by atoms with van der Waals surface area (Å²) in [5.74, 6) is 0.732. The molecule has 0 aliphatic carbocycles. The van der Waals surface area contributed by atoms with Gasteiger partial charge in [0.2, 0.25) is 0 Å². The Hall–Kier alpha value is -1.84. The average molecular weight is 233 g/mol. The first-order valence-electron chi connectivity index (χ1n) is 5.58. The number of anilines is 1. The fraction of sp³-hybridized carbons (Fsp3) is 0.308. The van der Waals surface area contributed by atoms with Crippen LogP contribution in [0.4, 0.5) is 10.1 Å². The molecule has 1 aromatic heterocycles. The predicted octanol–water partition coefficient (Wildman–Crippen LogP) is 3.04. The summed E-state index contributed by atoms with van der Waals surface area (Å²) < 4.78 is 15.3. The number of nitrogens with zero attached hydrogens (tertiary/aromatic N) is 2. The van der Waals surface area contributed by atoms with Crippen molar-refractivity contribution in [1.29, 1.82) is 0 Å². The van der Waals surface area contributed by atoms with E-state index < -0.39 is 0 Å². The molecule has 1 aromatic carbocycles. The molecule has 0 aliphatic rings. The Morgan fingerprint density at radius 1 is 1.41 bits per heavy atom. The largest absolute Gasteiger partial charge is 0.375 e. The smallest absolute Gasteiger partial charge is 0.130 e. The highest BCUT2D eigenvalue weighted by molar-refractivity contribution is 5.51. The van der Waals surface area contributed by atoms with Crippen LogP contribution in [0, 0.1) is 12.7 Å². The molecule has 3 nitrogen and oxygen atoms in total. The first kappa shape index (κ1) is 11.6. The zero-order chi connectivity index (χ0) is 12.4. The molecule has 4 heteroatoms. The zero-order valence-corrected chi connectivity index (χ0v) is 10.2. The van der Waals surface area contributed by atoms with Crippen LogP contribution < -0.4 is 5.32 Å². The van der Waals surface area contributed by atoms with E-state index in [-0.39, 0.29) is 11.9 Å². The van der Waals surface area contributed by atoms with Gasteiger partial charge in [-0.15, -0.1) is 0 Å². The Balaban J connectivity index is 2.22. The monoisotopic (exact) mass is 233 g/mol. The number of hydrogen-bond donors (Lipinski definition) is 1. The Bertz CT molecular complexity index is 519. The van der Waals surface area contributed by atoms with Crippen molar-refractivity contribution in [3.05, 3.63) is 47.8 Å². The van der Waals surface area contributed by atoms with Gasteiger partial charge < -0.3 is 9.88 Å². The standard InChI is InChI=1S/C13H16FN3/c1-9-11(14)5-4-6-12(9)16-10(2)13-15-7-8-17(13)3/h4-8,10,16H,1-3H3. The molecular formula is C13H16FN3. The molecule has 17 heavy (non-hydrogen) atoms. The molecular weight excluding hydrogens is 217 g/mol. The predicted molar refractivity (Wildman–Crippen MR) is 66.4 cm³/mol. The molecule has 0 bridgehead atoms. The van der Waals surface area contributed by atoms with E-state index in [0.29, 0.717) is 5.56 Å². The molecule has 0 saturated heterocycles. The summed E-state index contributed by atoms with van der Waals surface area (Å²) in [6, 6.07) is 5.08. The molecule has 1 atom stereocenters. The van der Waals surface area contributed by atoms with Crippen LogP contribution in [-0.2, 0) is 7.05 Å². The van der Waals surface area contributed by atoms with E-state index in [1.54, 1.807) is 19.2 Å². The molecule has 0 fully saturated rings. The van der Waals surface area contributed by atoms with Crippen LogP contribution in [0.1, 0.15) is 24.4 Å². The topological polar surface area (TPSA) is 29.9 Å². The van der Waals surface area contributed by atoms with E-state index in [4.69, 9.17) is 0 Å². The Kier molecular flexibility index (Phi) is 3.13. The lowest BCUT2D eigenvalue weighted by atomic mass is 10.1.